The molecule has 0 aromatic heterocycles. The van der Waals surface area contributed by atoms with Crippen molar-refractivity contribution in [1.29, 1.82) is 0 Å². The van der Waals surface area contributed by atoms with E-state index in [1.807, 2.05) is 18.2 Å². The molecule has 3 aromatic rings. The molecule has 0 bridgehead atoms. The lowest BCUT2D eigenvalue weighted by molar-refractivity contribution is 0.260. The van der Waals surface area contributed by atoms with Crippen LogP contribution in [0.4, 0.5) is 4.39 Å². The van der Waals surface area contributed by atoms with Crippen molar-refractivity contribution < 1.29 is 14.2 Å². The molecule has 2 nitrogen and oxygen atoms in total. The maximum Gasteiger partial charge on any atom is 0.145 e. The fourth-order valence-corrected chi connectivity index (χ4v) is 3.78. The van der Waals surface area contributed by atoms with Gasteiger partial charge in [-0.2, -0.15) is 0 Å². The summed E-state index contributed by atoms with van der Waals surface area (Å²) in [5.41, 5.74) is 6.47. The minimum absolute atomic E-state index is 0.184. The van der Waals surface area contributed by atoms with Crippen molar-refractivity contribution in [3.63, 3.8) is 0 Å². The Morgan fingerprint density at radius 3 is 2.37 bits per heavy atom. The molecule has 1 fully saturated rings. The summed E-state index contributed by atoms with van der Waals surface area (Å²) < 4.78 is 18.9. The van der Waals surface area contributed by atoms with Crippen LogP contribution >= 0.6 is 11.6 Å². The van der Waals surface area contributed by atoms with Crippen LogP contribution in [-0.4, -0.2) is 11.7 Å². The first-order valence-corrected chi connectivity index (χ1v) is 10.5. The van der Waals surface area contributed by atoms with Gasteiger partial charge in [-0.1, -0.05) is 48.0 Å². The monoisotopic (exact) mass is 422 g/mol. The summed E-state index contributed by atoms with van der Waals surface area (Å²) in [5, 5.41) is 10.6. The lowest BCUT2D eigenvalue weighted by atomic mass is 9.91. The van der Waals surface area contributed by atoms with E-state index in [2.05, 4.69) is 19.1 Å². The van der Waals surface area contributed by atoms with E-state index in [0.29, 0.717) is 23.0 Å². The molecule has 154 valence electrons. The molecule has 1 aliphatic rings. The molecule has 1 aliphatic carbocycles. The Morgan fingerprint density at radius 2 is 1.70 bits per heavy atom. The summed E-state index contributed by atoms with van der Waals surface area (Å²) in [6.45, 7) is 2.26. The van der Waals surface area contributed by atoms with Crippen LogP contribution in [0, 0.1) is 12.7 Å². The Labute approximate surface area is 181 Å². The SMILES string of the molecule is Cc1ccc(-c2ccc(F)cc2)cc1Cc1ccc(OCC(O)=C2CCC2)cc1Cl. The highest BCUT2D eigenvalue weighted by molar-refractivity contribution is 6.31. The van der Waals surface area contributed by atoms with Gasteiger partial charge in [-0.05, 0) is 90.3 Å². The minimum Gasteiger partial charge on any atom is -0.509 e. The number of hydrogen-bond donors (Lipinski definition) is 1. The Bertz CT molecular complexity index is 1080. The minimum atomic E-state index is -0.239. The molecule has 0 heterocycles. The van der Waals surface area contributed by atoms with Crippen LogP contribution < -0.4 is 4.74 Å². The summed E-state index contributed by atoms with van der Waals surface area (Å²) in [6, 6.07) is 18.4. The third-order valence-corrected chi connectivity index (χ3v) is 6.02. The van der Waals surface area contributed by atoms with Crippen molar-refractivity contribution >= 4 is 11.6 Å². The van der Waals surface area contributed by atoms with E-state index in [1.54, 1.807) is 18.2 Å². The molecular weight excluding hydrogens is 399 g/mol. The molecule has 0 aliphatic heterocycles. The second kappa shape index (κ2) is 8.93. The molecule has 4 rings (SSSR count). The zero-order valence-electron chi connectivity index (χ0n) is 16.9. The first-order chi connectivity index (χ1) is 14.5. The van der Waals surface area contributed by atoms with E-state index in [9.17, 15) is 9.50 Å². The smallest absolute Gasteiger partial charge is 0.145 e. The van der Waals surface area contributed by atoms with Gasteiger partial charge in [0, 0.05) is 5.02 Å². The topological polar surface area (TPSA) is 29.5 Å². The molecule has 0 atom stereocenters. The summed E-state index contributed by atoms with van der Waals surface area (Å²) >= 11 is 6.53. The number of aliphatic hydroxyl groups is 1. The highest BCUT2D eigenvalue weighted by atomic mass is 35.5. The normalized spacial score (nSPS) is 13.1. The van der Waals surface area contributed by atoms with E-state index >= 15 is 0 Å². The second-order valence-corrected chi connectivity index (χ2v) is 8.18. The van der Waals surface area contributed by atoms with Gasteiger partial charge in [-0.3, -0.25) is 0 Å². The van der Waals surface area contributed by atoms with Crippen molar-refractivity contribution in [2.24, 2.45) is 0 Å². The first-order valence-electron chi connectivity index (χ1n) is 10.2. The number of allylic oxidation sites excluding steroid dienone is 1. The van der Waals surface area contributed by atoms with Gasteiger partial charge in [0.25, 0.3) is 0 Å². The third kappa shape index (κ3) is 4.68. The lowest BCUT2D eigenvalue weighted by Gasteiger charge is -2.18. The standard InChI is InChI=1S/C26H24ClFO2/c1-17-5-6-20(18-7-10-23(28)11-8-18)13-22(17)14-21-9-12-24(15-25(21)27)30-16-26(29)19-3-2-4-19/h5-13,15,29H,2-4,14,16H2,1H3. The average molecular weight is 423 g/mol. The summed E-state index contributed by atoms with van der Waals surface area (Å²) in [6.07, 6.45) is 3.76. The predicted molar refractivity (Wildman–Crippen MR) is 120 cm³/mol. The fraction of sp³-hybridized carbons (Fsp3) is 0.231. The first kappa shape index (κ1) is 20.5. The largest absolute Gasteiger partial charge is 0.509 e. The zero-order chi connectivity index (χ0) is 21.1. The molecule has 0 saturated heterocycles. The number of benzene rings is 3. The van der Waals surface area contributed by atoms with Crippen molar-refractivity contribution in [3.05, 3.63) is 99.5 Å². The summed E-state index contributed by atoms with van der Waals surface area (Å²) in [4.78, 5) is 0. The van der Waals surface area contributed by atoms with E-state index in [4.69, 9.17) is 16.3 Å². The third-order valence-electron chi connectivity index (χ3n) is 5.67. The molecule has 0 radical (unpaired) electrons. The van der Waals surface area contributed by atoms with Gasteiger partial charge in [-0.15, -0.1) is 0 Å². The molecule has 0 spiro atoms. The van der Waals surface area contributed by atoms with Crippen molar-refractivity contribution in [2.45, 2.75) is 32.6 Å². The Kier molecular flexibility index (Phi) is 6.10. The number of aryl methyl sites for hydroxylation is 1. The lowest BCUT2D eigenvalue weighted by Crippen LogP contribution is -2.08. The fourth-order valence-electron chi connectivity index (χ4n) is 3.55. The maximum atomic E-state index is 13.2. The van der Waals surface area contributed by atoms with E-state index in [1.165, 1.54) is 23.3 Å². The number of halogens is 2. The number of hydrogen-bond acceptors (Lipinski definition) is 2. The summed E-state index contributed by atoms with van der Waals surface area (Å²) in [7, 11) is 0. The van der Waals surface area contributed by atoms with Gasteiger partial charge in [0.05, 0.1) is 0 Å². The van der Waals surface area contributed by atoms with E-state index in [0.717, 1.165) is 41.5 Å². The predicted octanol–water partition coefficient (Wildman–Crippen LogP) is 7.42. The maximum absolute atomic E-state index is 13.2. The molecule has 0 unspecified atom stereocenters. The molecular formula is C26H24ClFO2. The molecule has 1 N–H and O–H groups in total. The quantitative estimate of drug-likeness (QED) is 0.419. The van der Waals surface area contributed by atoms with Gasteiger partial charge in [0.1, 0.15) is 23.9 Å². The molecule has 4 heteroatoms. The molecule has 3 aromatic carbocycles. The van der Waals surface area contributed by atoms with Gasteiger partial charge in [-0.25, -0.2) is 4.39 Å². The van der Waals surface area contributed by atoms with Crippen molar-refractivity contribution in [1.82, 2.24) is 0 Å². The van der Waals surface area contributed by atoms with Crippen LogP contribution in [0.2, 0.25) is 5.02 Å². The van der Waals surface area contributed by atoms with Crippen LogP contribution in [0.5, 0.6) is 5.75 Å². The summed E-state index contributed by atoms with van der Waals surface area (Å²) in [5.74, 6) is 0.749. The van der Waals surface area contributed by atoms with Gasteiger partial charge in [0.2, 0.25) is 0 Å². The second-order valence-electron chi connectivity index (χ2n) is 7.77. The van der Waals surface area contributed by atoms with Crippen LogP contribution in [0.1, 0.15) is 36.0 Å². The van der Waals surface area contributed by atoms with E-state index in [-0.39, 0.29) is 12.4 Å². The van der Waals surface area contributed by atoms with Crippen LogP contribution in [0.3, 0.4) is 0 Å². The molecule has 0 amide bonds. The Hall–Kier alpha value is -2.78. The number of rotatable bonds is 6. The van der Waals surface area contributed by atoms with Gasteiger partial charge in [0.15, 0.2) is 0 Å². The molecule has 30 heavy (non-hydrogen) atoms. The Balaban J connectivity index is 1.49. The average Bonchev–Trinajstić information content (AvgIpc) is 2.69. The number of aliphatic hydroxyl groups excluding tert-OH is 1. The number of ether oxygens (including phenoxy) is 1. The van der Waals surface area contributed by atoms with Crippen LogP contribution in [-0.2, 0) is 6.42 Å². The van der Waals surface area contributed by atoms with Gasteiger partial charge < -0.3 is 9.84 Å². The highest BCUT2D eigenvalue weighted by Crippen LogP contribution is 2.30. The van der Waals surface area contributed by atoms with Gasteiger partial charge >= 0.3 is 0 Å². The van der Waals surface area contributed by atoms with E-state index < -0.39 is 0 Å². The Morgan fingerprint density at radius 1 is 0.967 bits per heavy atom. The van der Waals surface area contributed by atoms with Crippen LogP contribution in [0.25, 0.3) is 11.1 Å². The van der Waals surface area contributed by atoms with Crippen molar-refractivity contribution in [2.75, 3.05) is 6.61 Å². The molecule has 1 saturated carbocycles. The van der Waals surface area contributed by atoms with Crippen LogP contribution in [0.15, 0.2) is 72.0 Å². The van der Waals surface area contributed by atoms with Crippen molar-refractivity contribution in [3.8, 4) is 16.9 Å². The highest BCUT2D eigenvalue weighted by Gasteiger charge is 2.14. The zero-order valence-corrected chi connectivity index (χ0v) is 17.7.